The summed E-state index contributed by atoms with van der Waals surface area (Å²) in [5, 5.41) is 7.57. The number of sulfone groups is 1. The largest absolute Gasteiger partial charge is 0.370 e. The average molecular weight is 406 g/mol. The Morgan fingerprint density at radius 2 is 2.11 bits per heavy atom. The minimum atomic E-state index is -3.18. The fourth-order valence-corrected chi connectivity index (χ4v) is 3.71. The van der Waals surface area contributed by atoms with Gasteiger partial charge in [-0.1, -0.05) is 12.1 Å². The summed E-state index contributed by atoms with van der Waals surface area (Å²) >= 11 is 0. The number of ether oxygens (including phenoxy) is 1. The Morgan fingerprint density at radius 3 is 2.71 bits per heavy atom. The minimum absolute atomic E-state index is 0.0413. The number of aryl methyl sites for hydroxylation is 1. The van der Waals surface area contributed by atoms with Crippen LogP contribution >= 0.6 is 0 Å². The maximum atomic E-state index is 11.6. The van der Waals surface area contributed by atoms with Gasteiger partial charge < -0.3 is 15.0 Å². The molecule has 1 aromatic heterocycles. The lowest BCUT2D eigenvalue weighted by molar-refractivity contribution is -0.00805. The van der Waals surface area contributed by atoms with Gasteiger partial charge >= 0.3 is 0 Å². The molecule has 8 nitrogen and oxygen atoms in total. The standard InChI is InChI=1S/C19H27N5O3S/c1-4-20-19(21-11-15-5-7-17(8-6-15)28(3,25)26)24-9-10-27-18(14-24)16-12-22-23(2)13-16/h5-8,12-13,18H,4,9-11,14H2,1-3H3,(H,20,21). The Balaban J connectivity index is 1.71. The molecule has 1 fully saturated rings. The van der Waals surface area contributed by atoms with Crippen molar-refractivity contribution in [1.29, 1.82) is 0 Å². The lowest BCUT2D eigenvalue weighted by Gasteiger charge is -2.34. The number of morpholine rings is 1. The van der Waals surface area contributed by atoms with Gasteiger partial charge in [-0.25, -0.2) is 13.4 Å². The number of benzene rings is 1. The predicted molar refractivity (Wildman–Crippen MR) is 108 cm³/mol. The number of nitrogens with one attached hydrogen (secondary N) is 1. The zero-order chi connectivity index (χ0) is 20.1. The average Bonchev–Trinajstić information content (AvgIpc) is 3.11. The summed E-state index contributed by atoms with van der Waals surface area (Å²) in [6.07, 6.45) is 4.98. The van der Waals surface area contributed by atoms with E-state index in [-0.39, 0.29) is 6.10 Å². The molecule has 1 unspecified atom stereocenters. The van der Waals surface area contributed by atoms with Crippen molar-refractivity contribution in [3.05, 3.63) is 47.8 Å². The summed E-state index contributed by atoms with van der Waals surface area (Å²) in [5.74, 6) is 0.826. The lowest BCUT2D eigenvalue weighted by atomic mass is 10.1. The van der Waals surface area contributed by atoms with Crippen molar-refractivity contribution in [2.24, 2.45) is 12.0 Å². The highest BCUT2D eigenvalue weighted by Crippen LogP contribution is 2.21. The first-order valence-electron chi connectivity index (χ1n) is 9.29. The van der Waals surface area contributed by atoms with E-state index in [1.165, 1.54) is 6.26 Å². The molecule has 0 saturated carbocycles. The van der Waals surface area contributed by atoms with Crippen molar-refractivity contribution in [2.45, 2.75) is 24.5 Å². The van der Waals surface area contributed by atoms with Gasteiger partial charge in [0.15, 0.2) is 15.8 Å². The summed E-state index contributed by atoms with van der Waals surface area (Å²) in [4.78, 5) is 7.25. The van der Waals surface area contributed by atoms with Crippen LogP contribution in [0.4, 0.5) is 0 Å². The van der Waals surface area contributed by atoms with Gasteiger partial charge in [0.1, 0.15) is 6.10 Å². The third-order valence-corrected chi connectivity index (χ3v) is 5.69. The van der Waals surface area contributed by atoms with Crippen molar-refractivity contribution in [1.82, 2.24) is 20.0 Å². The molecule has 1 aromatic carbocycles. The maximum Gasteiger partial charge on any atom is 0.194 e. The van der Waals surface area contributed by atoms with Gasteiger partial charge in [-0.2, -0.15) is 5.10 Å². The van der Waals surface area contributed by atoms with Gasteiger partial charge in [0, 0.05) is 38.2 Å². The van der Waals surface area contributed by atoms with E-state index < -0.39 is 9.84 Å². The van der Waals surface area contributed by atoms with Crippen LogP contribution in [0.1, 0.15) is 24.2 Å². The Bertz CT molecular complexity index is 921. The van der Waals surface area contributed by atoms with Crippen molar-refractivity contribution in [3.8, 4) is 0 Å². The third kappa shape index (κ3) is 5.11. The molecule has 0 bridgehead atoms. The quantitative estimate of drug-likeness (QED) is 0.597. The van der Waals surface area contributed by atoms with Gasteiger partial charge in [0.25, 0.3) is 0 Å². The Hall–Kier alpha value is -2.39. The molecule has 9 heteroatoms. The van der Waals surface area contributed by atoms with Crippen LogP contribution < -0.4 is 5.32 Å². The van der Waals surface area contributed by atoms with Gasteiger partial charge in [0.2, 0.25) is 0 Å². The highest BCUT2D eigenvalue weighted by Gasteiger charge is 2.25. The topological polar surface area (TPSA) is 88.8 Å². The first kappa shape index (κ1) is 20.3. The van der Waals surface area contributed by atoms with Crippen LogP contribution in [0.5, 0.6) is 0 Å². The zero-order valence-corrected chi connectivity index (χ0v) is 17.3. The van der Waals surface area contributed by atoms with E-state index in [0.717, 1.165) is 30.2 Å². The predicted octanol–water partition coefficient (Wildman–Crippen LogP) is 1.36. The van der Waals surface area contributed by atoms with E-state index in [2.05, 4.69) is 15.3 Å². The van der Waals surface area contributed by atoms with Crippen LogP contribution in [0.3, 0.4) is 0 Å². The number of hydrogen-bond acceptors (Lipinski definition) is 5. The number of aliphatic imine (C=N–C) groups is 1. The zero-order valence-electron chi connectivity index (χ0n) is 16.5. The van der Waals surface area contributed by atoms with Gasteiger partial charge in [-0.3, -0.25) is 4.68 Å². The molecule has 1 N–H and O–H groups in total. The second-order valence-electron chi connectivity index (χ2n) is 6.84. The van der Waals surface area contributed by atoms with Crippen LogP contribution in [0.25, 0.3) is 0 Å². The smallest absolute Gasteiger partial charge is 0.194 e. The SMILES string of the molecule is CCNC(=NCc1ccc(S(C)(=O)=O)cc1)N1CCOC(c2cnn(C)c2)C1. The van der Waals surface area contributed by atoms with Gasteiger partial charge in [0.05, 0.1) is 30.8 Å². The minimum Gasteiger partial charge on any atom is -0.370 e. The summed E-state index contributed by atoms with van der Waals surface area (Å²) < 4.78 is 30.9. The highest BCUT2D eigenvalue weighted by atomic mass is 32.2. The van der Waals surface area contributed by atoms with Crippen LogP contribution in [-0.4, -0.2) is 61.6 Å². The molecular weight excluding hydrogens is 378 g/mol. The molecule has 0 spiro atoms. The summed E-state index contributed by atoms with van der Waals surface area (Å²) in [6.45, 7) is 5.35. The number of nitrogens with zero attached hydrogens (tertiary/aromatic N) is 4. The van der Waals surface area contributed by atoms with Gasteiger partial charge in [-0.15, -0.1) is 0 Å². The molecule has 1 aliphatic rings. The van der Waals surface area contributed by atoms with E-state index in [4.69, 9.17) is 9.73 Å². The molecular formula is C19H27N5O3S. The Labute approximate surface area is 166 Å². The van der Waals surface area contributed by atoms with E-state index in [0.29, 0.717) is 24.6 Å². The molecule has 152 valence electrons. The fourth-order valence-electron chi connectivity index (χ4n) is 3.08. The molecule has 1 atom stereocenters. The molecule has 2 aromatic rings. The van der Waals surface area contributed by atoms with Crippen molar-refractivity contribution in [3.63, 3.8) is 0 Å². The Morgan fingerprint density at radius 1 is 1.36 bits per heavy atom. The van der Waals surface area contributed by atoms with E-state index in [1.54, 1.807) is 28.9 Å². The molecule has 0 radical (unpaired) electrons. The number of aromatic nitrogens is 2. The van der Waals surface area contributed by atoms with Crippen LogP contribution in [0.15, 0.2) is 46.5 Å². The summed E-state index contributed by atoms with van der Waals surface area (Å²) in [7, 11) is -1.29. The molecule has 3 rings (SSSR count). The molecule has 2 heterocycles. The summed E-state index contributed by atoms with van der Waals surface area (Å²) in [6, 6.07) is 6.86. The number of hydrogen-bond donors (Lipinski definition) is 1. The summed E-state index contributed by atoms with van der Waals surface area (Å²) in [5.41, 5.74) is 2.01. The first-order valence-corrected chi connectivity index (χ1v) is 11.2. The normalized spacial score (nSPS) is 18.3. The van der Waals surface area contributed by atoms with Crippen LogP contribution in [0, 0.1) is 0 Å². The molecule has 0 aliphatic carbocycles. The van der Waals surface area contributed by atoms with E-state index in [9.17, 15) is 8.42 Å². The fraction of sp³-hybridized carbons (Fsp3) is 0.474. The van der Waals surface area contributed by atoms with E-state index in [1.807, 2.05) is 26.4 Å². The first-order chi connectivity index (χ1) is 13.4. The van der Waals surface area contributed by atoms with Crippen LogP contribution in [-0.2, 0) is 28.2 Å². The lowest BCUT2D eigenvalue weighted by Crippen LogP contribution is -2.48. The maximum absolute atomic E-state index is 11.6. The number of guanidine groups is 1. The van der Waals surface area contributed by atoms with Gasteiger partial charge in [-0.05, 0) is 24.6 Å². The second-order valence-corrected chi connectivity index (χ2v) is 8.85. The van der Waals surface area contributed by atoms with Crippen molar-refractivity contribution in [2.75, 3.05) is 32.5 Å². The van der Waals surface area contributed by atoms with Crippen molar-refractivity contribution >= 4 is 15.8 Å². The molecule has 1 aliphatic heterocycles. The number of rotatable bonds is 5. The van der Waals surface area contributed by atoms with Crippen molar-refractivity contribution < 1.29 is 13.2 Å². The molecule has 1 saturated heterocycles. The monoisotopic (exact) mass is 405 g/mol. The Kier molecular flexibility index (Phi) is 6.35. The third-order valence-electron chi connectivity index (χ3n) is 4.56. The highest BCUT2D eigenvalue weighted by molar-refractivity contribution is 7.90. The molecule has 0 amide bonds. The van der Waals surface area contributed by atoms with E-state index >= 15 is 0 Å². The molecule has 28 heavy (non-hydrogen) atoms. The van der Waals surface area contributed by atoms with Crippen LogP contribution in [0.2, 0.25) is 0 Å². The second kappa shape index (κ2) is 8.74.